The summed E-state index contributed by atoms with van der Waals surface area (Å²) < 4.78 is 66.3. The molecule has 0 radical (unpaired) electrons. The highest BCUT2D eigenvalue weighted by Gasteiger charge is 2.39. The number of alkyl halides is 3. The zero-order chi connectivity index (χ0) is 23.3. The van der Waals surface area contributed by atoms with E-state index in [0.29, 0.717) is 23.7 Å². The molecule has 4 rings (SSSR count). The first-order valence-corrected chi connectivity index (χ1v) is 10.9. The second-order valence-electron chi connectivity index (χ2n) is 7.27. The Bertz CT molecular complexity index is 1430. The average molecular weight is 459 g/mol. The highest BCUT2D eigenvalue weighted by atomic mass is 32.2. The molecule has 32 heavy (non-hydrogen) atoms. The number of nitrogens with one attached hydrogen (secondary N) is 1. The van der Waals surface area contributed by atoms with Gasteiger partial charge in [0.2, 0.25) is 10.0 Å². The molecule has 7 nitrogen and oxygen atoms in total. The lowest BCUT2D eigenvalue weighted by atomic mass is 10.1. The molecule has 164 valence electrons. The van der Waals surface area contributed by atoms with Gasteiger partial charge in [-0.25, -0.2) is 8.42 Å². The van der Waals surface area contributed by atoms with Crippen molar-refractivity contribution in [3.8, 4) is 17.5 Å². The smallest absolute Gasteiger partial charge is 0.305 e. The van der Waals surface area contributed by atoms with Crippen LogP contribution in [0.25, 0.3) is 28.1 Å². The Kier molecular flexibility index (Phi) is 5.15. The van der Waals surface area contributed by atoms with E-state index in [1.54, 1.807) is 15.5 Å². The number of allylic oxidation sites excluding steroid dienone is 4. The van der Waals surface area contributed by atoms with Gasteiger partial charge in [0, 0.05) is 18.1 Å². The SMILES string of the molecule is Cc1cnc2c(C#N)c(-c3ccc(S(=O)(=O)N[C@@H](C)C(F)(F)F)cn3)n(C3=CC=C3)c2c1. The minimum Gasteiger partial charge on any atom is -0.305 e. The molecule has 0 unspecified atom stereocenters. The monoisotopic (exact) mass is 459 g/mol. The van der Waals surface area contributed by atoms with Crippen molar-refractivity contribution in [2.24, 2.45) is 0 Å². The van der Waals surface area contributed by atoms with Gasteiger partial charge in [-0.3, -0.25) is 9.97 Å². The Balaban J connectivity index is 1.82. The predicted octanol–water partition coefficient (Wildman–Crippen LogP) is 3.92. The van der Waals surface area contributed by atoms with Gasteiger partial charge in [0.15, 0.2) is 0 Å². The van der Waals surface area contributed by atoms with E-state index in [4.69, 9.17) is 0 Å². The molecule has 0 saturated carbocycles. The van der Waals surface area contributed by atoms with Crippen molar-refractivity contribution in [3.63, 3.8) is 0 Å². The summed E-state index contributed by atoms with van der Waals surface area (Å²) in [6.07, 6.45) is 3.39. The Morgan fingerprint density at radius 3 is 2.47 bits per heavy atom. The molecule has 0 amide bonds. The number of nitrogens with zero attached hydrogens (tertiary/aromatic N) is 4. The Labute approximate surface area is 181 Å². The van der Waals surface area contributed by atoms with Crippen LogP contribution in [0, 0.1) is 18.3 Å². The number of pyridine rings is 2. The number of hydrogen-bond acceptors (Lipinski definition) is 5. The molecule has 3 heterocycles. The maximum atomic E-state index is 12.8. The fraction of sp³-hybridized carbons (Fsp3) is 0.190. The highest BCUT2D eigenvalue weighted by Crippen LogP contribution is 2.36. The average Bonchev–Trinajstić information content (AvgIpc) is 2.99. The topological polar surface area (TPSA) is 101 Å². The number of nitriles is 1. The molecule has 3 aromatic heterocycles. The van der Waals surface area contributed by atoms with E-state index in [0.717, 1.165) is 23.5 Å². The molecule has 1 aliphatic carbocycles. The summed E-state index contributed by atoms with van der Waals surface area (Å²) >= 11 is 0. The van der Waals surface area contributed by atoms with Gasteiger partial charge in [-0.2, -0.15) is 23.2 Å². The molecule has 0 aliphatic heterocycles. The molecule has 0 saturated heterocycles. The van der Waals surface area contributed by atoms with Crippen LogP contribution in [0.2, 0.25) is 0 Å². The summed E-state index contributed by atoms with van der Waals surface area (Å²) in [6.45, 7) is 2.58. The zero-order valence-corrected chi connectivity index (χ0v) is 17.7. The molecule has 0 fully saturated rings. The summed E-state index contributed by atoms with van der Waals surface area (Å²) in [6, 6.07) is 4.26. The summed E-state index contributed by atoms with van der Waals surface area (Å²) in [5, 5.41) is 9.81. The van der Waals surface area contributed by atoms with Crippen molar-refractivity contribution in [2.45, 2.75) is 31.0 Å². The van der Waals surface area contributed by atoms with Gasteiger partial charge in [-0.15, -0.1) is 0 Å². The molecule has 1 N–H and O–H groups in total. The standard InChI is InChI=1S/C21H16F3N5O2S/c1-12-8-18-19(27-10-12)16(9-25)20(29(18)14-4-3-5-14)17-7-6-15(11-26-17)32(30,31)28-13(2)21(22,23)24/h3-8,10-11,13,28H,1-2H3/t13-/m0/s1. The van der Waals surface area contributed by atoms with Crippen molar-refractivity contribution in [1.82, 2.24) is 19.3 Å². The van der Waals surface area contributed by atoms with E-state index in [1.807, 2.05) is 31.2 Å². The van der Waals surface area contributed by atoms with Crippen LogP contribution in [0.4, 0.5) is 13.2 Å². The maximum Gasteiger partial charge on any atom is 0.404 e. The summed E-state index contributed by atoms with van der Waals surface area (Å²) in [4.78, 5) is 8.12. The normalized spacial score (nSPS) is 14.7. The second kappa shape index (κ2) is 7.58. The number of rotatable bonds is 5. The second-order valence-corrected chi connectivity index (χ2v) is 8.98. The van der Waals surface area contributed by atoms with E-state index < -0.39 is 27.1 Å². The van der Waals surface area contributed by atoms with Crippen LogP contribution in [0.5, 0.6) is 0 Å². The van der Waals surface area contributed by atoms with E-state index in [1.165, 1.54) is 6.07 Å². The first kappa shape index (κ1) is 21.7. The van der Waals surface area contributed by atoms with Crippen LogP contribution < -0.4 is 4.72 Å². The fourth-order valence-corrected chi connectivity index (χ4v) is 4.43. The third-order valence-electron chi connectivity index (χ3n) is 4.96. The van der Waals surface area contributed by atoms with Crippen molar-refractivity contribution in [3.05, 3.63) is 59.9 Å². The molecule has 1 atom stereocenters. The first-order chi connectivity index (χ1) is 15.0. The van der Waals surface area contributed by atoms with Gasteiger partial charge in [0.05, 0.1) is 16.9 Å². The lowest BCUT2D eigenvalue weighted by Gasteiger charge is -2.17. The van der Waals surface area contributed by atoms with Gasteiger partial charge in [0.1, 0.15) is 28.1 Å². The number of aryl methyl sites for hydroxylation is 1. The third kappa shape index (κ3) is 3.68. The molecule has 1 aliphatic rings. The van der Waals surface area contributed by atoms with Gasteiger partial charge < -0.3 is 4.57 Å². The van der Waals surface area contributed by atoms with Crippen molar-refractivity contribution in [2.75, 3.05) is 0 Å². The molecule has 0 bridgehead atoms. The number of fused-ring (bicyclic) bond motifs is 1. The van der Waals surface area contributed by atoms with Crippen molar-refractivity contribution < 1.29 is 21.6 Å². The van der Waals surface area contributed by atoms with E-state index >= 15 is 0 Å². The lowest BCUT2D eigenvalue weighted by molar-refractivity contribution is -0.147. The largest absolute Gasteiger partial charge is 0.404 e. The van der Waals surface area contributed by atoms with Crippen LogP contribution >= 0.6 is 0 Å². The number of halogens is 3. The molecular formula is C21H16F3N5O2S. The Hall–Kier alpha value is -3.49. The maximum absolute atomic E-state index is 12.8. The van der Waals surface area contributed by atoms with Crippen molar-refractivity contribution in [1.29, 1.82) is 5.26 Å². The van der Waals surface area contributed by atoms with Gasteiger partial charge >= 0.3 is 6.18 Å². The van der Waals surface area contributed by atoms with E-state index in [-0.39, 0.29) is 11.3 Å². The highest BCUT2D eigenvalue weighted by molar-refractivity contribution is 7.89. The molecule has 11 heteroatoms. The van der Waals surface area contributed by atoms with Crippen LogP contribution in [0.3, 0.4) is 0 Å². The summed E-state index contributed by atoms with van der Waals surface area (Å²) in [7, 11) is -4.45. The predicted molar refractivity (Wildman–Crippen MR) is 112 cm³/mol. The van der Waals surface area contributed by atoms with E-state index in [9.17, 15) is 26.9 Å². The number of sulfonamides is 1. The molecule has 3 aromatic rings. The number of hydrogen-bond donors (Lipinski definition) is 1. The minimum absolute atomic E-state index is 0.258. The number of aromatic nitrogens is 3. The molecule has 0 aromatic carbocycles. The minimum atomic E-state index is -4.72. The Morgan fingerprint density at radius 2 is 1.94 bits per heavy atom. The van der Waals surface area contributed by atoms with E-state index in [2.05, 4.69) is 16.0 Å². The quantitative estimate of drug-likeness (QED) is 0.623. The van der Waals surface area contributed by atoms with Crippen LogP contribution in [-0.2, 0) is 10.0 Å². The molecule has 0 spiro atoms. The third-order valence-corrected chi connectivity index (χ3v) is 6.48. The summed E-state index contributed by atoms with van der Waals surface area (Å²) in [5.41, 5.74) is 3.78. The van der Waals surface area contributed by atoms with Crippen LogP contribution in [-0.4, -0.2) is 35.2 Å². The molecular weight excluding hydrogens is 443 g/mol. The first-order valence-electron chi connectivity index (χ1n) is 9.38. The van der Waals surface area contributed by atoms with Gasteiger partial charge in [-0.1, -0.05) is 6.08 Å². The van der Waals surface area contributed by atoms with Gasteiger partial charge in [-0.05, 0) is 49.8 Å². The fourth-order valence-electron chi connectivity index (χ4n) is 3.26. The summed E-state index contributed by atoms with van der Waals surface area (Å²) in [5.74, 6) is 0. The lowest BCUT2D eigenvalue weighted by Crippen LogP contribution is -2.42. The Morgan fingerprint density at radius 1 is 1.22 bits per heavy atom. The van der Waals surface area contributed by atoms with Crippen molar-refractivity contribution >= 4 is 26.8 Å². The van der Waals surface area contributed by atoms with Crippen LogP contribution in [0.1, 0.15) is 18.1 Å². The van der Waals surface area contributed by atoms with Gasteiger partial charge in [0.25, 0.3) is 0 Å². The zero-order valence-electron chi connectivity index (χ0n) is 16.8. The van der Waals surface area contributed by atoms with Crippen LogP contribution in [0.15, 0.2) is 53.7 Å².